The lowest BCUT2D eigenvalue weighted by molar-refractivity contribution is -0.142. The Hall–Kier alpha value is -1.18. The molecule has 0 bridgehead atoms. The third-order valence-electron chi connectivity index (χ3n) is 1.70. The normalized spacial score (nSPS) is 10.2. The van der Waals surface area contributed by atoms with Crippen molar-refractivity contribution in [1.29, 1.82) is 0 Å². The first-order valence-corrected chi connectivity index (χ1v) is 5.38. The monoisotopic (exact) mass is 248 g/mol. The number of ether oxygens (including phenoxy) is 3. The molecule has 0 aliphatic carbocycles. The van der Waals surface area contributed by atoms with E-state index >= 15 is 0 Å². The molecule has 0 spiro atoms. The highest BCUT2D eigenvalue weighted by Crippen LogP contribution is 1.86. The van der Waals surface area contributed by atoms with E-state index in [1.807, 2.05) is 0 Å². The second kappa shape index (κ2) is 11.3. The van der Waals surface area contributed by atoms with Gasteiger partial charge in [0.15, 0.2) is 0 Å². The van der Waals surface area contributed by atoms with Crippen molar-refractivity contribution in [3.8, 4) is 0 Å². The van der Waals surface area contributed by atoms with E-state index < -0.39 is 11.9 Å². The maximum absolute atomic E-state index is 11.1. The highest BCUT2D eigenvalue weighted by molar-refractivity contribution is 5.77. The first-order valence-electron chi connectivity index (χ1n) is 5.38. The number of carbonyl (C=O) groups excluding carboxylic acids is 2. The van der Waals surface area contributed by atoms with E-state index in [2.05, 4.69) is 5.32 Å². The number of hydrogen-bond acceptors (Lipinski definition) is 6. The van der Waals surface area contributed by atoms with Gasteiger partial charge in [0, 0.05) is 20.1 Å². The largest absolute Gasteiger partial charge is 0.465 e. The molecular formula is C10H20N2O5. The van der Waals surface area contributed by atoms with E-state index in [1.165, 1.54) is 0 Å². The van der Waals surface area contributed by atoms with Gasteiger partial charge in [0.1, 0.15) is 0 Å². The molecule has 0 radical (unpaired) electrons. The molecule has 0 aliphatic heterocycles. The number of rotatable bonds is 11. The minimum atomic E-state index is -0.510. The average Bonchev–Trinajstić information content (AvgIpc) is 2.27. The van der Waals surface area contributed by atoms with Crippen LogP contribution in [0.4, 0.5) is 0 Å². The van der Waals surface area contributed by atoms with Gasteiger partial charge in [-0.1, -0.05) is 0 Å². The molecule has 0 unspecified atom stereocenters. The third kappa shape index (κ3) is 12.8. The molecule has 0 aromatic rings. The van der Waals surface area contributed by atoms with Gasteiger partial charge in [0.05, 0.1) is 32.9 Å². The lowest BCUT2D eigenvalue weighted by atomic mass is 10.5. The van der Waals surface area contributed by atoms with E-state index in [0.717, 1.165) is 0 Å². The van der Waals surface area contributed by atoms with Gasteiger partial charge in [0.25, 0.3) is 0 Å². The number of amides is 1. The molecule has 100 valence electrons. The van der Waals surface area contributed by atoms with Crippen LogP contribution in [-0.2, 0) is 23.8 Å². The molecule has 0 aromatic carbocycles. The summed E-state index contributed by atoms with van der Waals surface area (Å²) in [7, 11) is 1.60. The maximum Gasteiger partial charge on any atom is 0.319 e. The lowest BCUT2D eigenvalue weighted by Crippen LogP contribution is -2.33. The highest BCUT2D eigenvalue weighted by atomic mass is 16.5. The number of hydrogen-bond donors (Lipinski definition) is 2. The first-order chi connectivity index (χ1) is 8.16. The third-order valence-corrected chi connectivity index (χ3v) is 1.70. The van der Waals surface area contributed by atoms with E-state index in [-0.39, 0.29) is 13.1 Å². The van der Waals surface area contributed by atoms with Crippen molar-refractivity contribution >= 4 is 11.9 Å². The second-order valence-electron chi connectivity index (χ2n) is 3.25. The first kappa shape index (κ1) is 15.8. The summed E-state index contributed by atoms with van der Waals surface area (Å²) < 4.78 is 14.8. The quantitative estimate of drug-likeness (QED) is 0.347. The highest BCUT2D eigenvalue weighted by Gasteiger charge is 2.02. The fourth-order valence-corrected chi connectivity index (χ4v) is 0.930. The second-order valence-corrected chi connectivity index (χ2v) is 3.25. The minimum absolute atomic E-state index is 0.0204. The van der Waals surface area contributed by atoms with Crippen molar-refractivity contribution in [1.82, 2.24) is 5.32 Å². The van der Waals surface area contributed by atoms with Gasteiger partial charge in [-0.3, -0.25) is 14.9 Å². The Balaban J connectivity index is 3.19. The molecule has 0 fully saturated rings. The molecule has 0 rings (SSSR count). The number of carbonyl (C=O) groups is 2. The molecule has 0 saturated carbocycles. The Morgan fingerprint density at radius 2 is 1.88 bits per heavy atom. The zero-order chi connectivity index (χ0) is 12.9. The predicted octanol–water partition coefficient (Wildman–Crippen LogP) is -1.34. The Morgan fingerprint density at radius 3 is 2.53 bits per heavy atom. The topological polar surface area (TPSA) is 99.9 Å². The maximum atomic E-state index is 11.1. The van der Waals surface area contributed by atoms with Crippen LogP contribution in [0.15, 0.2) is 0 Å². The van der Waals surface area contributed by atoms with Gasteiger partial charge in [-0.25, -0.2) is 0 Å². The summed E-state index contributed by atoms with van der Waals surface area (Å²) in [6.07, 6.45) is 0.630. The summed E-state index contributed by atoms with van der Waals surface area (Å²) >= 11 is 0. The number of nitrogens with two attached hydrogens (primary N) is 1. The number of methoxy groups -OCH3 is 1. The minimum Gasteiger partial charge on any atom is -0.465 e. The molecule has 0 atom stereocenters. The van der Waals surface area contributed by atoms with Crippen LogP contribution in [0.5, 0.6) is 0 Å². The molecule has 7 heteroatoms. The Kier molecular flexibility index (Phi) is 10.5. The summed E-state index contributed by atoms with van der Waals surface area (Å²) in [5.41, 5.74) is 4.88. The molecule has 0 aromatic heterocycles. The predicted molar refractivity (Wildman–Crippen MR) is 60.3 cm³/mol. The Bertz CT molecular complexity index is 223. The van der Waals surface area contributed by atoms with Gasteiger partial charge >= 0.3 is 5.97 Å². The van der Waals surface area contributed by atoms with Crippen molar-refractivity contribution in [2.75, 3.05) is 46.6 Å². The SMILES string of the molecule is COCCOCCCOC(=O)CNCC(N)=O. The van der Waals surface area contributed by atoms with Crippen molar-refractivity contribution < 1.29 is 23.8 Å². The van der Waals surface area contributed by atoms with E-state index in [9.17, 15) is 9.59 Å². The van der Waals surface area contributed by atoms with E-state index in [0.29, 0.717) is 32.8 Å². The Labute approximate surface area is 101 Å². The molecule has 1 amide bonds. The molecule has 7 nitrogen and oxygen atoms in total. The standard InChI is InChI=1S/C10H20N2O5/c1-15-5-6-16-3-2-4-17-10(14)8-12-7-9(11)13/h12H,2-8H2,1H3,(H2,11,13). The van der Waals surface area contributed by atoms with Crippen LogP contribution in [0.1, 0.15) is 6.42 Å². The molecule has 3 N–H and O–H groups in total. The van der Waals surface area contributed by atoms with Crippen molar-refractivity contribution in [2.24, 2.45) is 5.73 Å². The summed E-state index contributed by atoms with van der Waals surface area (Å²) in [5.74, 6) is -0.924. The van der Waals surface area contributed by atoms with Crippen molar-refractivity contribution in [2.45, 2.75) is 6.42 Å². The summed E-state index contributed by atoms with van der Waals surface area (Å²) in [6, 6.07) is 0. The van der Waals surface area contributed by atoms with Crippen LogP contribution < -0.4 is 11.1 Å². The fourth-order valence-electron chi connectivity index (χ4n) is 0.930. The van der Waals surface area contributed by atoms with Crippen molar-refractivity contribution in [3.05, 3.63) is 0 Å². The van der Waals surface area contributed by atoms with Crippen molar-refractivity contribution in [3.63, 3.8) is 0 Å². The fraction of sp³-hybridized carbons (Fsp3) is 0.800. The average molecular weight is 248 g/mol. The summed E-state index contributed by atoms with van der Waals surface area (Å²) in [5, 5.41) is 2.56. The number of primary amides is 1. The summed E-state index contributed by atoms with van der Waals surface area (Å²) in [4.78, 5) is 21.4. The van der Waals surface area contributed by atoms with Crippen LogP contribution in [0, 0.1) is 0 Å². The van der Waals surface area contributed by atoms with Crippen LogP contribution in [0.25, 0.3) is 0 Å². The van der Waals surface area contributed by atoms with E-state index in [4.69, 9.17) is 19.9 Å². The van der Waals surface area contributed by atoms with Gasteiger partial charge in [0.2, 0.25) is 5.91 Å². The molecule has 0 aliphatic rings. The number of nitrogens with one attached hydrogen (secondary N) is 1. The zero-order valence-electron chi connectivity index (χ0n) is 10.1. The lowest BCUT2D eigenvalue weighted by Gasteiger charge is -2.06. The zero-order valence-corrected chi connectivity index (χ0v) is 10.1. The van der Waals surface area contributed by atoms with E-state index in [1.54, 1.807) is 7.11 Å². The smallest absolute Gasteiger partial charge is 0.319 e. The van der Waals surface area contributed by atoms with Crippen LogP contribution in [0.3, 0.4) is 0 Å². The number of esters is 1. The van der Waals surface area contributed by atoms with Crippen LogP contribution >= 0.6 is 0 Å². The van der Waals surface area contributed by atoms with Crippen LogP contribution in [-0.4, -0.2) is 58.5 Å². The van der Waals surface area contributed by atoms with Gasteiger partial charge in [-0.05, 0) is 0 Å². The van der Waals surface area contributed by atoms with Crippen LogP contribution in [0.2, 0.25) is 0 Å². The Morgan fingerprint density at radius 1 is 1.12 bits per heavy atom. The molecular weight excluding hydrogens is 228 g/mol. The summed E-state index contributed by atoms with van der Waals surface area (Å²) in [6.45, 7) is 1.85. The van der Waals surface area contributed by atoms with Gasteiger partial charge in [-0.15, -0.1) is 0 Å². The van der Waals surface area contributed by atoms with Gasteiger partial charge in [-0.2, -0.15) is 0 Å². The van der Waals surface area contributed by atoms with Gasteiger partial charge < -0.3 is 19.9 Å². The molecule has 0 heterocycles. The molecule has 17 heavy (non-hydrogen) atoms. The molecule has 0 saturated heterocycles.